The van der Waals surface area contributed by atoms with E-state index in [4.69, 9.17) is 9.73 Å². The van der Waals surface area contributed by atoms with Gasteiger partial charge < -0.3 is 15.2 Å². The second-order valence-corrected chi connectivity index (χ2v) is 6.86. The van der Waals surface area contributed by atoms with Crippen LogP contribution in [0.15, 0.2) is 77.8 Å². The summed E-state index contributed by atoms with van der Waals surface area (Å²) in [5, 5.41) is 12.5. The Balaban J connectivity index is 1.73. The lowest BCUT2D eigenvalue weighted by Crippen LogP contribution is -2.87. The van der Waals surface area contributed by atoms with Crippen molar-refractivity contribution < 1.29 is 19.6 Å². The Kier molecular flexibility index (Phi) is 5.08. The number of nitrogens with two attached hydrogens (primary N) is 1. The third-order valence-electron chi connectivity index (χ3n) is 5.09. The number of halogens is 1. The van der Waals surface area contributed by atoms with E-state index in [0.717, 1.165) is 28.2 Å². The van der Waals surface area contributed by atoms with Crippen LogP contribution in [-0.2, 0) is 0 Å². The summed E-state index contributed by atoms with van der Waals surface area (Å²) in [4.78, 5) is 4.93. The van der Waals surface area contributed by atoms with Crippen LogP contribution in [0.5, 0.6) is 11.5 Å². The van der Waals surface area contributed by atoms with Gasteiger partial charge in [0, 0.05) is 12.0 Å². The van der Waals surface area contributed by atoms with Gasteiger partial charge in [0.1, 0.15) is 23.4 Å². The molecule has 0 aromatic heterocycles. The van der Waals surface area contributed by atoms with Crippen LogP contribution in [0, 0.1) is 5.82 Å². The summed E-state index contributed by atoms with van der Waals surface area (Å²) in [5.41, 5.74) is 3.76. The summed E-state index contributed by atoms with van der Waals surface area (Å²) < 4.78 is 18.6. The average molecular weight is 377 g/mol. The molecule has 1 aliphatic heterocycles. The van der Waals surface area contributed by atoms with Gasteiger partial charge in [-0.25, -0.2) is 9.38 Å². The number of benzene rings is 3. The van der Waals surface area contributed by atoms with Crippen LogP contribution in [-0.4, -0.2) is 17.9 Å². The number of nitrogens with zero attached hydrogens (tertiary/aromatic N) is 1. The molecule has 1 heterocycles. The van der Waals surface area contributed by atoms with Crippen molar-refractivity contribution in [2.75, 3.05) is 7.11 Å². The standard InChI is InChI=1S/C23H21FN2O2/c1-28-18-12-8-15(9-13-18)20-14-21(19-4-2-3-5-22(19)27)26-23(25-20)16-6-10-17(24)11-7-16/h2-13,21,23,26-27H,14H2,1H3/p+1/t21-,23-/m0/s1. The predicted molar refractivity (Wildman–Crippen MR) is 106 cm³/mol. The molecule has 4 rings (SSSR count). The summed E-state index contributed by atoms with van der Waals surface area (Å²) in [6.45, 7) is 0. The maximum atomic E-state index is 13.4. The Labute approximate surface area is 163 Å². The summed E-state index contributed by atoms with van der Waals surface area (Å²) in [6, 6.07) is 21.6. The zero-order valence-electron chi connectivity index (χ0n) is 15.5. The van der Waals surface area contributed by atoms with Crippen LogP contribution < -0.4 is 10.1 Å². The van der Waals surface area contributed by atoms with Crippen molar-refractivity contribution in [3.05, 3.63) is 95.3 Å². The predicted octanol–water partition coefficient (Wildman–Crippen LogP) is 3.74. The molecule has 0 saturated heterocycles. The van der Waals surface area contributed by atoms with Crippen molar-refractivity contribution >= 4 is 5.71 Å². The molecule has 0 fully saturated rings. The van der Waals surface area contributed by atoms with Gasteiger partial charge in [-0.3, -0.25) is 0 Å². The number of rotatable bonds is 4. The van der Waals surface area contributed by atoms with E-state index in [-0.39, 0.29) is 23.8 Å². The Hall–Kier alpha value is -3.18. The van der Waals surface area contributed by atoms with Crippen molar-refractivity contribution in [3.63, 3.8) is 0 Å². The van der Waals surface area contributed by atoms with E-state index in [2.05, 4.69) is 5.32 Å². The van der Waals surface area contributed by atoms with Crippen molar-refractivity contribution in [1.82, 2.24) is 0 Å². The van der Waals surface area contributed by atoms with Crippen LogP contribution in [0.25, 0.3) is 0 Å². The summed E-state index contributed by atoms with van der Waals surface area (Å²) in [7, 11) is 1.64. The minimum atomic E-state index is -0.267. The number of methoxy groups -OCH3 is 1. The Morgan fingerprint density at radius 1 is 1.00 bits per heavy atom. The van der Waals surface area contributed by atoms with Crippen LogP contribution >= 0.6 is 0 Å². The van der Waals surface area contributed by atoms with Gasteiger partial charge >= 0.3 is 0 Å². The maximum Gasteiger partial charge on any atom is 0.206 e. The van der Waals surface area contributed by atoms with E-state index in [9.17, 15) is 9.50 Å². The molecule has 5 heteroatoms. The van der Waals surface area contributed by atoms with Gasteiger partial charge in [0.15, 0.2) is 0 Å². The Morgan fingerprint density at radius 2 is 1.71 bits per heavy atom. The highest BCUT2D eigenvalue weighted by molar-refractivity contribution is 6.01. The molecule has 142 valence electrons. The molecular formula is C23H22FN2O2+. The minimum Gasteiger partial charge on any atom is -0.507 e. The lowest BCUT2D eigenvalue weighted by molar-refractivity contribution is -0.735. The van der Waals surface area contributed by atoms with Gasteiger partial charge in [-0.05, 0) is 66.2 Å². The number of quaternary nitrogens is 1. The lowest BCUT2D eigenvalue weighted by atomic mass is 9.93. The minimum absolute atomic E-state index is 0.00542. The van der Waals surface area contributed by atoms with Gasteiger partial charge in [0.25, 0.3) is 0 Å². The summed E-state index contributed by atoms with van der Waals surface area (Å²) in [5.74, 6) is 0.799. The van der Waals surface area contributed by atoms with E-state index in [1.807, 2.05) is 42.5 Å². The first kappa shape index (κ1) is 18.2. The number of phenolic OH excluding ortho intramolecular Hbond substituents is 1. The highest BCUT2D eigenvalue weighted by atomic mass is 19.1. The second kappa shape index (κ2) is 7.82. The number of phenols is 1. The van der Waals surface area contributed by atoms with Crippen molar-refractivity contribution in [3.8, 4) is 11.5 Å². The normalized spacial score (nSPS) is 19.1. The van der Waals surface area contributed by atoms with Crippen molar-refractivity contribution in [1.29, 1.82) is 0 Å². The molecule has 4 nitrogen and oxygen atoms in total. The van der Waals surface area contributed by atoms with Gasteiger partial charge in [0.2, 0.25) is 6.17 Å². The Morgan fingerprint density at radius 3 is 2.39 bits per heavy atom. The highest BCUT2D eigenvalue weighted by Crippen LogP contribution is 2.29. The fourth-order valence-corrected chi connectivity index (χ4v) is 3.60. The van der Waals surface area contributed by atoms with E-state index >= 15 is 0 Å². The average Bonchev–Trinajstić information content (AvgIpc) is 2.74. The van der Waals surface area contributed by atoms with Crippen LogP contribution in [0.2, 0.25) is 0 Å². The molecule has 0 bridgehead atoms. The van der Waals surface area contributed by atoms with Crippen LogP contribution in [0.4, 0.5) is 4.39 Å². The van der Waals surface area contributed by atoms with Crippen molar-refractivity contribution in [2.24, 2.45) is 4.99 Å². The quantitative estimate of drug-likeness (QED) is 0.728. The third kappa shape index (κ3) is 3.75. The molecule has 0 amide bonds. The topological polar surface area (TPSA) is 58.4 Å². The van der Waals surface area contributed by atoms with Gasteiger partial charge in [-0.2, -0.15) is 0 Å². The molecule has 0 radical (unpaired) electrons. The lowest BCUT2D eigenvalue weighted by Gasteiger charge is -2.27. The molecule has 0 aliphatic carbocycles. The van der Waals surface area contributed by atoms with E-state index in [0.29, 0.717) is 6.42 Å². The fourth-order valence-electron chi connectivity index (χ4n) is 3.60. The SMILES string of the molecule is COc1ccc(C2=N[C@H](c3ccc(F)cc3)[NH2+][C@H](c3ccccc3O)C2)cc1. The molecule has 3 aromatic carbocycles. The number of aromatic hydroxyl groups is 1. The Bertz CT molecular complexity index is 984. The zero-order valence-corrected chi connectivity index (χ0v) is 15.5. The fraction of sp³-hybridized carbons (Fsp3) is 0.174. The zero-order chi connectivity index (χ0) is 19.5. The smallest absolute Gasteiger partial charge is 0.206 e. The first-order chi connectivity index (χ1) is 13.6. The molecule has 0 unspecified atom stereocenters. The summed E-state index contributed by atoms with van der Waals surface area (Å²) >= 11 is 0. The highest BCUT2D eigenvalue weighted by Gasteiger charge is 2.31. The van der Waals surface area contributed by atoms with Gasteiger partial charge in [0.05, 0.1) is 18.4 Å². The monoisotopic (exact) mass is 377 g/mol. The molecule has 3 aromatic rings. The van der Waals surface area contributed by atoms with Gasteiger partial charge in [-0.15, -0.1) is 0 Å². The van der Waals surface area contributed by atoms with E-state index in [1.165, 1.54) is 12.1 Å². The first-order valence-corrected chi connectivity index (χ1v) is 9.23. The van der Waals surface area contributed by atoms with Crippen LogP contribution in [0.3, 0.4) is 0 Å². The number of hydrogen-bond donors (Lipinski definition) is 2. The van der Waals surface area contributed by atoms with E-state index < -0.39 is 0 Å². The molecule has 3 N–H and O–H groups in total. The van der Waals surface area contributed by atoms with Gasteiger partial charge in [-0.1, -0.05) is 12.1 Å². The molecule has 0 saturated carbocycles. The molecule has 0 spiro atoms. The summed E-state index contributed by atoms with van der Waals surface area (Å²) in [6.07, 6.45) is 0.470. The number of para-hydroxylation sites is 1. The molecule has 1 aliphatic rings. The molecule has 28 heavy (non-hydrogen) atoms. The van der Waals surface area contributed by atoms with Crippen LogP contribution in [0.1, 0.15) is 35.3 Å². The van der Waals surface area contributed by atoms with Crippen molar-refractivity contribution in [2.45, 2.75) is 18.6 Å². The second-order valence-electron chi connectivity index (χ2n) is 6.86. The number of aliphatic imine (C=N–C) groups is 1. The molecular weight excluding hydrogens is 355 g/mol. The largest absolute Gasteiger partial charge is 0.507 e. The number of ether oxygens (including phenoxy) is 1. The van der Waals surface area contributed by atoms with E-state index in [1.54, 1.807) is 25.3 Å². The maximum absolute atomic E-state index is 13.4. The molecule has 2 atom stereocenters. The first-order valence-electron chi connectivity index (χ1n) is 9.23. The third-order valence-corrected chi connectivity index (χ3v) is 5.09. The number of hydrogen-bond acceptors (Lipinski definition) is 3.